The number of carbonyl (C=O) groups is 1. The van der Waals surface area contributed by atoms with Gasteiger partial charge in [-0.2, -0.15) is 0 Å². The van der Waals surface area contributed by atoms with Crippen LogP contribution in [0.3, 0.4) is 0 Å². The van der Waals surface area contributed by atoms with Crippen LogP contribution < -0.4 is 10.9 Å². The van der Waals surface area contributed by atoms with Gasteiger partial charge in [0.05, 0.1) is 24.6 Å². The smallest absolute Gasteiger partial charge is 0.340 e. The van der Waals surface area contributed by atoms with Crippen LogP contribution in [-0.4, -0.2) is 22.0 Å². The summed E-state index contributed by atoms with van der Waals surface area (Å²) in [6.07, 6.45) is 7.90. The van der Waals surface area contributed by atoms with Crippen molar-refractivity contribution in [2.24, 2.45) is 0 Å². The summed E-state index contributed by atoms with van der Waals surface area (Å²) in [4.78, 5) is 29.3. The molecule has 0 radical (unpaired) electrons. The number of benzene rings is 1. The maximum absolute atomic E-state index is 12.7. The van der Waals surface area contributed by atoms with E-state index in [1.807, 2.05) is 30.7 Å². The maximum Gasteiger partial charge on any atom is 0.340 e. The van der Waals surface area contributed by atoms with E-state index in [0.717, 1.165) is 46.0 Å². The zero-order chi connectivity index (χ0) is 23.0. The first kappa shape index (κ1) is 21.9. The fourth-order valence-electron chi connectivity index (χ4n) is 4.11. The lowest BCUT2D eigenvalue weighted by Gasteiger charge is -2.17. The molecule has 3 aromatic heterocycles. The maximum atomic E-state index is 12.7. The molecule has 1 amide bonds. The summed E-state index contributed by atoms with van der Waals surface area (Å²) >= 11 is 0. The molecule has 0 unspecified atom stereocenters. The highest BCUT2D eigenvalue weighted by molar-refractivity contribution is 6.00. The van der Waals surface area contributed by atoms with E-state index in [1.165, 1.54) is 0 Å². The molecule has 0 saturated heterocycles. The van der Waals surface area contributed by atoms with Crippen molar-refractivity contribution in [3.05, 3.63) is 63.7 Å². The van der Waals surface area contributed by atoms with Crippen molar-refractivity contribution in [3.8, 4) is 0 Å². The summed E-state index contributed by atoms with van der Waals surface area (Å²) in [7, 11) is 0. The first-order valence-electron chi connectivity index (χ1n) is 10.9. The normalized spacial score (nSPS) is 12.0. The first-order chi connectivity index (χ1) is 15.2. The van der Waals surface area contributed by atoms with Crippen LogP contribution in [0.1, 0.15) is 49.4 Å². The van der Waals surface area contributed by atoms with Gasteiger partial charge < -0.3 is 18.7 Å². The van der Waals surface area contributed by atoms with Crippen molar-refractivity contribution in [2.45, 2.75) is 59.4 Å². The van der Waals surface area contributed by atoms with Crippen LogP contribution in [0.2, 0.25) is 0 Å². The van der Waals surface area contributed by atoms with Gasteiger partial charge >= 0.3 is 5.63 Å². The number of aryl methyl sites for hydroxylation is 3. The summed E-state index contributed by atoms with van der Waals surface area (Å²) in [5.41, 5.74) is 3.74. The van der Waals surface area contributed by atoms with Crippen LogP contribution in [-0.2, 0) is 23.2 Å². The predicted molar refractivity (Wildman–Crippen MR) is 124 cm³/mol. The second kappa shape index (κ2) is 8.30. The molecule has 7 heteroatoms. The highest BCUT2D eigenvalue weighted by Gasteiger charge is 2.24. The lowest BCUT2D eigenvalue weighted by Crippen LogP contribution is -2.29. The van der Waals surface area contributed by atoms with Crippen LogP contribution in [0.4, 0.5) is 0 Å². The van der Waals surface area contributed by atoms with E-state index < -0.39 is 5.63 Å². The quantitative estimate of drug-likeness (QED) is 0.358. The Hall–Kier alpha value is -3.35. The van der Waals surface area contributed by atoms with Gasteiger partial charge in [0.1, 0.15) is 11.2 Å². The molecule has 0 spiro atoms. The van der Waals surface area contributed by atoms with Crippen molar-refractivity contribution >= 4 is 27.8 Å². The van der Waals surface area contributed by atoms with E-state index >= 15 is 0 Å². The van der Waals surface area contributed by atoms with E-state index in [2.05, 4.69) is 31.1 Å². The second-order valence-electron chi connectivity index (χ2n) is 9.33. The molecule has 0 atom stereocenters. The van der Waals surface area contributed by atoms with Gasteiger partial charge in [-0.25, -0.2) is 9.78 Å². The van der Waals surface area contributed by atoms with Gasteiger partial charge in [0.25, 0.3) is 0 Å². The van der Waals surface area contributed by atoms with Crippen molar-refractivity contribution in [1.29, 1.82) is 0 Å². The minimum atomic E-state index is -0.478. The van der Waals surface area contributed by atoms with E-state index in [0.29, 0.717) is 17.7 Å². The Bertz CT molecular complexity index is 1340. The molecule has 32 heavy (non-hydrogen) atoms. The molecule has 4 rings (SSSR count). The number of aromatic nitrogens is 2. The number of nitrogens with zero attached hydrogens (tertiary/aromatic N) is 2. The van der Waals surface area contributed by atoms with Crippen molar-refractivity contribution in [2.75, 3.05) is 6.54 Å². The molecule has 1 aromatic carbocycles. The van der Waals surface area contributed by atoms with Gasteiger partial charge in [-0.1, -0.05) is 20.8 Å². The van der Waals surface area contributed by atoms with Gasteiger partial charge in [-0.15, -0.1) is 0 Å². The SMILES string of the molecule is Cc1c(CC(=O)NCCCn2ccnc2)c(=O)oc2c(C)c3occ(C(C)(C)C)c3cc12. The predicted octanol–water partition coefficient (Wildman–Crippen LogP) is 4.40. The third kappa shape index (κ3) is 4.07. The number of amides is 1. The van der Waals surface area contributed by atoms with Crippen LogP contribution in [0, 0.1) is 13.8 Å². The molecule has 7 nitrogen and oxygen atoms in total. The molecule has 0 aliphatic rings. The Morgan fingerprint density at radius 3 is 2.62 bits per heavy atom. The van der Waals surface area contributed by atoms with Gasteiger partial charge in [0, 0.05) is 47.4 Å². The molecule has 168 valence electrons. The third-order valence-corrected chi connectivity index (χ3v) is 5.96. The average Bonchev–Trinajstić information content (AvgIpc) is 3.39. The molecular weight excluding hydrogens is 406 g/mol. The molecular formula is C25H29N3O4. The fraction of sp³-hybridized carbons (Fsp3) is 0.400. The molecule has 0 saturated carbocycles. The number of carbonyl (C=O) groups excluding carboxylic acids is 1. The van der Waals surface area contributed by atoms with Crippen molar-refractivity contribution in [3.63, 3.8) is 0 Å². The molecule has 0 bridgehead atoms. The second-order valence-corrected chi connectivity index (χ2v) is 9.33. The average molecular weight is 436 g/mol. The lowest BCUT2D eigenvalue weighted by atomic mass is 9.86. The van der Waals surface area contributed by atoms with Crippen LogP contribution in [0.15, 0.2) is 44.7 Å². The summed E-state index contributed by atoms with van der Waals surface area (Å²) < 4.78 is 13.5. The van der Waals surface area contributed by atoms with Crippen LogP contribution in [0.5, 0.6) is 0 Å². The van der Waals surface area contributed by atoms with Crippen molar-refractivity contribution in [1.82, 2.24) is 14.9 Å². The zero-order valence-electron chi connectivity index (χ0n) is 19.2. The molecule has 1 N–H and O–H groups in total. The zero-order valence-corrected chi connectivity index (χ0v) is 19.2. The number of imidazole rings is 1. The Labute approximate surface area is 186 Å². The molecule has 0 fully saturated rings. The lowest BCUT2D eigenvalue weighted by molar-refractivity contribution is -0.120. The van der Waals surface area contributed by atoms with Crippen LogP contribution in [0.25, 0.3) is 21.9 Å². The molecule has 0 aliphatic carbocycles. The summed E-state index contributed by atoms with van der Waals surface area (Å²) in [5, 5.41) is 4.74. The first-order valence-corrected chi connectivity index (χ1v) is 10.9. The number of hydrogen-bond donors (Lipinski definition) is 1. The number of fused-ring (bicyclic) bond motifs is 2. The Kier molecular flexibility index (Phi) is 5.67. The summed E-state index contributed by atoms with van der Waals surface area (Å²) in [6.45, 7) is 11.5. The van der Waals surface area contributed by atoms with Crippen molar-refractivity contribution < 1.29 is 13.6 Å². The van der Waals surface area contributed by atoms with Gasteiger partial charge in [-0.3, -0.25) is 4.79 Å². The highest BCUT2D eigenvalue weighted by Crippen LogP contribution is 2.37. The van der Waals surface area contributed by atoms with Gasteiger partial charge in [0.15, 0.2) is 0 Å². The Morgan fingerprint density at radius 2 is 1.94 bits per heavy atom. The standard InChI is InChI=1S/C25H29N3O4/c1-15-17-11-19-20(25(3,4)5)13-31-22(19)16(2)23(17)32-24(30)18(15)12-21(29)27-7-6-9-28-10-8-26-14-28/h8,10-11,13-14H,6-7,9,12H2,1-5H3,(H,27,29). The van der Waals surface area contributed by atoms with E-state index in [1.54, 1.807) is 18.8 Å². The summed E-state index contributed by atoms with van der Waals surface area (Å²) in [5.74, 6) is -0.193. The largest absolute Gasteiger partial charge is 0.464 e. The van der Waals surface area contributed by atoms with E-state index in [9.17, 15) is 9.59 Å². The van der Waals surface area contributed by atoms with Gasteiger partial charge in [0.2, 0.25) is 5.91 Å². The number of furan rings is 1. The van der Waals surface area contributed by atoms with Crippen LogP contribution >= 0.6 is 0 Å². The number of nitrogens with one attached hydrogen (secondary N) is 1. The van der Waals surface area contributed by atoms with E-state index in [4.69, 9.17) is 8.83 Å². The minimum absolute atomic E-state index is 0.0101. The molecule has 4 aromatic rings. The van der Waals surface area contributed by atoms with E-state index in [-0.39, 0.29) is 17.7 Å². The topological polar surface area (TPSA) is 90.3 Å². The number of rotatable bonds is 6. The monoisotopic (exact) mass is 435 g/mol. The number of hydrogen-bond acceptors (Lipinski definition) is 5. The molecule has 0 aliphatic heterocycles. The highest BCUT2D eigenvalue weighted by atomic mass is 16.4. The third-order valence-electron chi connectivity index (χ3n) is 5.96. The van der Waals surface area contributed by atoms with Gasteiger partial charge in [-0.05, 0) is 37.3 Å². The fourth-order valence-corrected chi connectivity index (χ4v) is 4.11. The Morgan fingerprint density at radius 1 is 1.16 bits per heavy atom. The Balaban J connectivity index is 1.61. The minimum Gasteiger partial charge on any atom is -0.464 e. The molecule has 3 heterocycles. The summed E-state index contributed by atoms with van der Waals surface area (Å²) in [6, 6.07) is 2.02.